The second-order valence-electron chi connectivity index (χ2n) is 13.1. The number of piperidine rings is 1. The number of aliphatic hydroxyl groups is 1. The van der Waals surface area contributed by atoms with E-state index in [1.54, 1.807) is 6.07 Å². The zero-order chi connectivity index (χ0) is 33.4. The molecule has 1 aliphatic carbocycles. The number of pyridine rings is 1. The van der Waals surface area contributed by atoms with E-state index in [-0.39, 0.29) is 52.5 Å². The zero-order valence-electron chi connectivity index (χ0n) is 27.5. The highest BCUT2D eigenvalue weighted by molar-refractivity contribution is 6.00. The third-order valence-electron chi connectivity index (χ3n) is 10.3. The number of phenols is 1. The molecule has 3 aliphatic heterocycles. The predicted octanol–water partition coefficient (Wildman–Crippen LogP) is 5.46. The highest BCUT2D eigenvalue weighted by Crippen LogP contribution is 2.49. The van der Waals surface area contributed by atoms with Crippen molar-refractivity contribution >= 4 is 27.5 Å². The second kappa shape index (κ2) is 13.7. The van der Waals surface area contributed by atoms with Gasteiger partial charge in [-0.3, -0.25) is 9.88 Å². The molecule has 2 aromatic heterocycles. The van der Waals surface area contributed by atoms with Crippen LogP contribution in [0.25, 0.3) is 32.9 Å². The molecule has 8 rings (SSSR count). The first-order valence-electron chi connectivity index (χ1n) is 17.2. The summed E-state index contributed by atoms with van der Waals surface area (Å²) in [7, 11) is 0. The molecular formula is C36H43F2N5O5. The smallest absolute Gasteiger partial charge is 0.319 e. The fraction of sp³-hybridized carbons (Fsp3) is 0.528. The van der Waals surface area contributed by atoms with Crippen LogP contribution in [0.1, 0.15) is 46.0 Å². The summed E-state index contributed by atoms with van der Waals surface area (Å²) in [6.45, 7) is 8.17. The average Bonchev–Trinajstić information content (AvgIpc) is 3.38. The Morgan fingerprint density at radius 2 is 1.88 bits per heavy atom. The van der Waals surface area contributed by atoms with Gasteiger partial charge in [-0.15, -0.1) is 0 Å². The number of nitrogens with zero attached hydrogens (tertiary/aromatic N) is 5. The minimum Gasteiger partial charge on any atom is -0.508 e. The molecule has 3 unspecified atom stereocenters. The summed E-state index contributed by atoms with van der Waals surface area (Å²) in [5.41, 5.74) is -0.120. The van der Waals surface area contributed by atoms with Gasteiger partial charge in [0.15, 0.2) is 5.82 Å². The van der Waals surface area contributed by atoms with Crippen LogP contribution in [0.2, 0.25) is 0 Å². The number of benzene rings is 2. The Bertz CT molecular complexity index is 1790. The van der Waals surface area contributed by atoms with Gasteiger partial charge in [0.05, 0.1) is 50.6 Å². The summed E-state index contributed by atoms with van der Waals surface area (Å²) < 4.78 is 49.3. The van der Waals surface area contributed by atoms with Crippen LogP contribution < -0.4 is 9.64 Å². The van der Waals surface area contributed by atoms with E-state index in [4.69, 9.17) is 19.2 Å². The summed E-state index contributed by atoms with van der Waals surface area (Å²) in [4.78, 5) is 18.3. The molecule has 3 atom stereocenters. The number of β-amino-alcohol motifs (C(OH)–C–C–N with tert-alkyl or cyclic N) is 1. The molecular weight excluding hydrogens is 620 g/mol. The van der Waals surface area contributed by atoms with E-state index >= 15 is 8.78 Å². The summed E-state index contributed by atoms with van der Waals surface area (Å²) in [6.07, 6.45) is 6.07. The third kappa shape index (κ3) is 5.93. The molecule has 4 aliphatic rings. The number of aromatic nitrogens is 3. The van der Waals surface area contributed by atoms with E-state index in [0.717, 1.165) is 51.9 Å². The molecule has 0 bridgehead atoms. The number of phenolic OH excluding ortho intramolecular Hbond substituents is 1. The summed E-state index contributed by atoms with van der Waals surface area (Å²) in [6, 6.07) is 8.09. The lowest BCUT2D eigenvalue weighted by Gasteiger charge is -2.51. The van der Waals surface area contributed by atoms with E-state index in [2.05, 4.69) is 14.9 Å². The maximum atomic E-state index is 16.7. The summed E-state index contributed by atoms with van der Waals surface area (Å²) >= 11 is 0. The number of anilines is 1. The van der Waals surface area contributed by atoms with Crippen LogP contribution in [-0.4, -0.2) is 101 Å². The number of ether oxygens (including phenoxy) is 3. The molecule has 0 radical (unpaired) electrons. The van der Waals surface area contributed by atoms with Crippen molar-refractivity contribution in [3.8, 4) is 23.0 Å². The SMILES string of the molecule is CC.Oc1cc(-c2ncc3c(N4CCOCC(O)C4)nc(OCC45CCCC4N(C4COC4)CCC5)nc3c2F)c2c(F)cccc2c1. The van der Waals surface area contributed by atoms with Crippen LogP contribution in [0.5, 0.6) is 11.8 Å². The minimum absolute atomic E-state index is 0.0325. The topological polar surface area (TPSA) is 113 Å². The van der Waals surface area contributed by atoms with Crippen molar-refractivity contribution in [2.75, 3.05) is 57.6 Å². The standard InChI is InChI=1S/C34H37F2N5O5.C2H6/c35-26-5-1-4-20-12-22(42)13-24(28(20)26)30-29(36)31-25(14-37-30)32(40-10-11-44-18-23(43)15-40)39-33(38-31)46-19-34-7-2-6-27(34)41(9-3-8-34)21-16-45-17-21;1-2/h1,4-5,12-14,21,23,27,42-43H,2-3,6-11,15-19H2;1-2H3. The van der Waals surface area contributed by atoms with Gasteiger partial charge in [-0.25, -0.2) is 8.78 Å². The lowest BCUT2D eigenvalue weighted by Crippen LogP contribution is -2.60. The zero-order valence-corrected chi connectivity index (χ0v) is 27.5. The number of fused-ring (bicyclic) bond motifs is 3. The number of aromatic hydroxyl groups is 1. The fourth-order valence-corrected chi connectivity index (χ4v) is 8.05. The van der Waals surface area contributed by atoms with Gasteiger partial charge < -0.3 is 29.3 Å². The van der Waals surface area contributed by atoms with E-state index in [0.29, 0.717) is 48.4 Å². The molecule has 0 amide bonds. The summed E-state index contributed by atoms with van der Waals surface area (Å²) in [5.74, 6) is -1.09. The van der Waals surface area contributed by atoms with Crippen LogP contribution in [-0.2, 0) is 9.47 Å². The quantitative estimate of drug-likeness (QED) is 0.276. The first kappa shape index (κ1) is 32.8. The number of rotatable bonds is 6. The first-order chi connectivity index (χ1) is 23.4. The van der Waals surface area contributed by atoms with Gasteiger partial charge in [-0.05, 0) is 55.8 Å². The van der Waals surface area contributed by atoms with E-state index in [1.807, 2.05) is 18.7 Å². The first-order valence-corrected chi connectivity index (χ1v) is 17.2. The Labute approximate surface area is 278 Å². The Balaban J connectivity index is 0.00000179. The van der Waals surface area contributed by atoms with Crippen molar-refractivity contribution in [3.63, 3.8) is 0 Å². The van der Waals surface area contributed by atoms with Crippen molar-refractivity contribution in [1.29, 1.82) is 0 Å². The second-order valence-corrected chi connectivity index (χ2v) is 13.1. The molecule has 12 heteroatoms. The molecule has 5 heterocycles. The third-order valence-corrected chi connectivity index (χ3v) is 10.3. The molecule has 1 saturated carbocycles. The van der Waals surface area contributed by atoms with Gasteiger partial charge in [-0.2, -0.15) is 9.97 Å². The van der Waals surface area contributed by atoms with Crippen LogP contribution in [0.15, 0.2) is 36.5 Å². The maximum Gasteiger partial charge on any atom is 0.319 e. The van der Waals surface area contributed by atoms with Gasteiger partial charge in [0.2, 0.25) is 0 Å². The number of hydrogen-bond donors (Lipinski definition) is 2. The molecule has 4 fully saturated rings. The monoisotopic (exact) mass is 663 g/mol. The molecule has 0 spiro atoms. The number of hydrogen-bond acceptors (Lipinski definition) is 10. The van der Waals surface area contributed by atoms with Gasteiger partial charge in [0.25, 0.3) is 0 Å². The van der Waals surface area contributed by atoms with Crippen LogP contribution in [0.3, 0.4) is 0 Å². The van der Waals surface area contributed by atoms with Crippen LogP contribution in [0, 0.1) is 17.0 Å². The average molecular weight is 664 g/mol. The molecule has 2 aromatic carbocycles. The maximum absolute atomic E-state index is 16.7. The van der Waals surface area contributed by atoms with Crippen molar-refractivity contribution in [3.05, 3.63) is 48.2 Å². The van der Waals surface area contributed by atoms with Crippen molar-refractivity contribution < 1.29 is 33.2 Å². The van der Waals surface area contributed by atoms with Gasteiger partial charge in [0.1, 0.15) is 28.6 Å². The molecule has 10 nitrogen and oxygen atoms in total. The summed E-state index contributed by atoms with van der Waals surface area (Å²) in [5, 5.41) is 21.9. The van der Waals surface area contributed by atoms with Crippen molar-refractivity contribution in [2.45, 2.75) is 64.1 Å². The highest BCUT2D eigenvalue weighted by atomic mass is 19.1. The van der Waals surface area contributed by atoms with E-state index in [1.165, 1.54) is 30.5 Å². The van der Waals surface area contributed by atoms with Crippen LogP contribution >= 0.6 is 0 Å². The van der Waals surface area contributed by atoms with E-state index < -0.39 is 17.7 Å². The fourth-order valence-electron chi connectivity index (χ4n) is 8.05. The highest BCUT2D eigenvalue weighted by Gasteiger charge is 2.51. The Kier molecular flexibility index (Phi) is 9.34. The molecule has 4 aromatic rings. The molecule has 256 valence electrons. The molecule has 2 N–H and O–H groups in total. The van der Waals surface area contributed by atoms with Crippen molar-refractivity contribution in [2.24, 2.45) is 5.41 Å². The predicted molar refractivity (Wildman–Crippen MR) is 178 cm³/mol. The lowest BCUT2D eigenvalue weighted by molar-refractivity contribution is -0.115. The van der Waals surface area contributed by atoms with E-state index in [9.17, 15) is 10.2 Å². The van der Waals surface area contributed by atoms with Gasteiger partial charge >= 0.3 is 6.01 Å². The number of likely N-dealkylation sites (tertiary alicyclic amines) is 1. The van der Waals surface area contributed by atoms with Crippen molar-refractivity contribution in [1.82, 2.24) is 19.9 Å². The van der Waals surface area contributed by atoms with Gasteiger partial charge in [0, 0.05) is 41.7 Å². The Morgan fingerprint density at radius 3 is 2.69 bits per heavy atom. The largest absolute Gasteiger partial charge is 0.508 e. The normalized spacial score (nSPS) is 24.9. The molecule has 3 saturated heterocycles. The Morgan fingerprint density at radius 1 is 1.04 bits per heavy atom. The number of halogens is 2. The Hall–Kier alpha value is -3.71. The van der Waals surface area contributed by atoms with Crippen LogP contribution in [0.4, 0.5) is 14.6 Å². The number of aliphatic hydroxyl groups excluding tert-OH is 1. The van der Waals surface area contributed by atoms with Gasteiger partial charge in [-0.1, -0.05) is 32.4 Å². The lowest BCUT2D eigenvalue weighted by atomic mass is 9.75. The minimum atomic E-state index is -0.779. The molecule has 48 heavy (non-hydrogen) atoms.